The standard InChI is InChI=1S/C17H13ClN2O3S/c18-16-3-1-2-13(10-16)8-9-17(21)20-24(22,23)12-15-6-4-14(11-19)5-7-15/h1-10H,12H2,(H,20,21). The predicted octanol–water partition coefficient (Wildman–Crippen LogP) is 2.87. The van der Waals surface area contributed by atoms with E-state index in [4.69, 9.17) is 16.9 Å². The summed E-state index contributed by atoms with van der Waals surface area (Å²) in [7, 11) is -3.83. The van der Waals surface area contributed by atoms with Gasteiger partial charge in [0.15, 0.2) is 0 Å². The molecule has 0 heterocycles. The third kappa shape index (κ3) is 5.54. The summed E-state index contributed by atoms with van der Waals surface area (Å²) in [5.74, 6) is -1.10. The quantitative estimate of drug-likeness (QED) is 0.830. The molecule has 0 saturated carbocycles. The number of carbonyl (C=O) groups excluding carboxylic acids is 1. The van der Waals surface area contributed by atoms with Crippen molar-refractivity contribution in [3.8, 4) is 6.07 Å². The van der Waals surface area contributed by atoms with E-state index in [1.54, 1.807) is 24.3 Å². The van der Waals surface area contributed by atoms with Crippen LogP contribution in [0.1, 0.15) is 16.7 Å². The number of nitrogens with zero attached hydrogens (tertiary/aromatic N) is 1. The highest BCUT2D eigenvalue weighted by Gasteiger charge is 2.13. The average Bonchev–Trinajstić information content (AvgIpc) is 2.53. The van der Waals surface area contributed by atoms with Crippen LogP contribution in [0.25, 0.3) is 6.08 Å². The summed E-state index contributed by atoms with van der Waals surface area (Å²) in [6, 6.07) is 14.9. The third-order valence-corrected chi connectivity index (χ3v) is 4.43. The van der Waals surface area contributed by atoms with Crippen LogP contribution in [0.2, 0.25) is 5.02 Å². The average molecular weight is 361 g/mol. The number of amides is 1. The summed E-state index contributed by atoms with van der Waals surface area (Å²) in [6.45, 7) is 0. The second-order valence-corrected chi connectivity index (χ2v) is 7.08. The highest BCUT2D eigenvalue weighted by atomic mass is 35.5. The fourth-order valence-corrected chi connectivity index (χ4v) is 3.18. The molecular formula is C17H13ClN2O3S. The Morgan fingerprint density at radius 3 is 2.54 bits per heavy atom. The lowest BCUT2D eigenvalue weighted by molar-refractivity contribution is -0.114. The first-order valence-electron chi connectivity index (χ1n) is 6.85. The fourth-order valence-electron chi connectivity index (χ4n) is 1.90. The summed E-state index contributed by atoms with van der Waals surface area (Å²) in [5, 5.41) is 9.23. The van der Waals surface area contributed by atoms with Crippen LogP contribution in [0.3, 0.4) is 0 Å². The third-order valence-electron chi connectivity index (χ3n) is 2.97. The SMILES string of the molecule is N#Cc1ccc(CS(=O)(=O)NC(=O)C=Cc2cccc(Cl)c2)cc1. The molecule has 2 aromatic carbocycles. The molecule has 2 aromatic rings. The number of nitrogens with one attached hydrogen (secondary N) is 1. The number of rotatable bonds is 5. The second kappa shape index (κ2) is 7.77. The van der Waals surface area contributed by atoms with Gasteiger partial charge in [0, 0.05) is 11.1 Å². The first-order valence-corrected chi connectivity index (χ1v) is 8.88. The van der Waals surface area contributed by atoms with Crippen LogP contribution in [-0.2, 0) is 20.6 Å². The molecule has 24 heavy (non-hydrogen) atoms. The Hall–Kier alpha value is -2.62. The molecule has 7 heteroatoms. The number of nitriles is 1. The molecule has 0 saturated heterocycles. The number of halogens is 1. The van der Waals surface area contributed by atoms with Gasteiger partial charge in [-0.3, -0.25) is 4.79 Å². The Kier molecular flexibility index (Phi) is 5.74. The molecule has 0 spiro atoms. The van der Waals surface area contributed by atoms with Crippen LogP contribution in [0.5, 0.6) is 0 Å². The number of sulfonamides is 1. The van der Waals surface area contributed by atoms with Gasteiger partial charge in [0.2, 0.25) is 10.0 Å². The molecule has 5 nitrogen and oxygen atoms in total. The largest absolute Gasteiger partial charge is 0.269 e. The van der Waals surface area contributed by atoms with Gasteiger partial charge in [-0.05, 0) is 41.5 Å². The molecule has 1 N–H and O–H groups in total. The van der Waals surface area contributed by atoms with Crippen LogP contribution < -0.4 is 4.72 Å². The lowest BCUT2D eigenvalue weighted by Gasteiger charge is -2.05. The van der Waals surface area contributed by atoms with E-state index in [2.05, 4.69) is 0 Å². The summed E-state index contributed by atoms with van der Waals surface area (Å²) < 4.78 is 25.9. The first-order chi connectivity index (χ1) is 11.4. The monoisotopic (exact) mass is 360 g/mol. The molecular weight excluding hydrogens is 348 g/mol. The predicted molar refractivity (Wildman–Crippen MR) is 92.4 cm³/mol. The molecule has 0 aromatic heterocycles. The van der Waals surface area contributed by atoms with E-state index in [1.807, 2.05) is 10.8 Å². The van der Waals surface area contributed by atoms with E-state index in [9.17, 15) is 13.2 Å². The summed E-state index contributed by atoms with van der Waals surface area (Å²) in [4.78, 5) is 11.8. The van der Waals surface area contributed by atoms with Crippen molar-refractivity contribution < 1.29 is 13.2 Å². The Morgan fingerprint density at radius 2 is 1.92 bits per heavy atom. The molecule has 0 radical (unpaired) electrons. The maximum atomic E-state index is 12.0. The number of benzene rings is 2. The Labute approximate surface area is 145 Å². The number of hydrogen-bond acceptors (Lipinski definition) is 4. The summed E-state index contributed by atoms with van der Waals surface area (Å²) in [6.07, 6.45) is 2.60. The van der Waals surface area contributed by atoms with Crippen molar-refractivity contribution in [2.24, 2.45) is 0 Å². The van der Waals surface area contributed by atoms with Crippen LogP contribution in [0.4, 0.5) is 0 Å². The second-order valence-electron chi connectivity index (χ2n) is 4.92. The Bertz CT molecular complexity index is 914. The highest BCUT2D eigenvalue weighted by Crippen LogP contribution is 2.12. The normalized spacial score (nSPS) is 11.2. The van der Waals surface area contributed by atoms with Crippen LogP contribution in [0, 0.1) is 11.3 Å². The Balaban J connectivity index is 2.00. The minimum absolute atomic E-state index is 0.352. The highest BCUT2D eigenvalue weighted by molar-refractivity contribution is 7.89. The van der Waals surface area contributed by atoms with Crippen molar-refractivity contribution in [1.29, 1.82) is 5.26 Å². The number of carbonyl (C=O) groups is 1. The summed E-state index contributed by atoms with van der Waals surface area (Å²) in [5.41, 5.74) is 1.60. The molecule has 0 aliphatic carbocycles. The van der Waals surface area contributed by atoms with Crippen LogP contribution >= 0.6 is 11.6 Å². The van der Waals surface area contributed by atoms with E-state index >= 15 is 0 Å². The first kappa shape index (κ1) is 17.7. The molecule has 0 aliphatic heterocycles. The topological polar surface area (TPSA) is 87.0 Å². The van der Waals surface area contributed by atoms with Crippen molar-refractivity contribution in [3.05, 3.63) is 76.3 Å². The molecule has 0 bridgehead atoms. The van der Waals surface area contributed by atoms with Gasteiger partial charge >= 0.3 is 0 Å². The lowest BCUT2D eigenvalue weighted by atomic mass is 10.2. The molecule has 2 rings (SSSR count). The summed E-state index contributed by atoms with van der Waals surface area (Å²) >= 11 is 5.83. The van der Waals surface area contributed by atoms with E-state index in [1.165, 1.54) is 30.3 Å². The molecule has 0 atom stereocenters. The lowest BCUT2D eigenvalue weighted by Crippen LogP contribution is -2.30. The smallest absolute Gasteiger partial charge is 0.257 e. The van der Waals surface area contributed by atoms with Crippen LogP contribution in [-0.4, -0.2) is 14.3 Å². The number of hydrogen-bond donors (Lipinski definition) is 1. The maximum Gasteiger partial charge on any atom is 0.257 e. The van der Waals surface area contributed by atoms with Crippen LogP contribution in [0.15, 0.2) is 54.6 Å². The van der Waals surface area contributed by atoms with Gasteiger partial charge in [-0.2, -0.15) is 5.26 Å². The van der Waals surface area contributed by atoms with Gasteiger partial charge in [-0.25, -0.2) is 13.1 Å². The van der Waals surface area contributed by atoms with Gasteiger partial charge in [-0.15, -0.1) is 0 Å². The van der Waals surface area contributed by atoms with Crippen molar-refractivity contribution in [3.63, 3.8) is 0 Å². The molecule has 0 unspecified atom stereocenters. The van der Waals surface area contributed by atoms with E-state index in [-0.39, 0.29) is 5.75 Å². The van der Waals surface area contributed by atoms with Gasteiger partial charge in [-0.1, -0.05) is 35.9 Å². The molecule has 0 aliphatic rings. The van der Waals surface area contributed by atoms with E-state index in [0.29, 0.717) is 21.7 Å². The van der Waals surface area contributed by atoms with Crippen molar-refractivity contribution in [2.75, 3.05) is 0 Å². The fraction of sp³-hybridized carbons (Fsp3) is 0.0588. The van der Waals surface area contributed by atoms with Crippen molar-refractivity contribution in [2.45, 2.75) is 5.75 Å². The van der Waals surface area contributed by atoms with Crippen molar-refractivity contribution >= 4 is 33.6 Å². The minimum atomic E-state index is -3.83. The zero-order chi connectivity index (χ0) is 17.6. The van der Waals surface area contributed by atoms with Gasteiger partial charge in [0.25, 0.3) is 5.91 Å². The Morgan fingerprint density at radius 1 is 1.21 bits per heavy atom. The zero-order valence-corrected chi connectivity index (χ0v) is 14.0. The minimum Gasteiger partial charge on any atom is -0.269 e. The molecule has 0 fully saturated rings. The van der Waals surface area contributed by atoms with Gasteiger partial charge < -0.3 is 0 Å². The van der Waals surface area contributed by atoms with Crippen molar-refractivity contribution in [1.82, 2.24) is 4.72 Å². The molecule has 1 amide bonds. The molecule has 122 valence electrons. The zero-order valence-electron chi connectivity index (χ0n) is 12.4. The van der Waals surface area contributed by atoms with E-state index < -0.39 is 15.9 Å². The van der Waals surface area contributed by atoms with Gasteiger partial charge in [0.05, 0.1) is 17.4 Å². The van der Waals surface area contributed by atoms with Gasteiger partial charge in [0.1, 0.15) is 0 Å². The maximum absolute atomic E-state index is 12.0. The van der Waals surface area contributed by atoms with E-state index in [0.717, 1.165) is 6.08 Å².